The van der Waals surface area contributed by atoms with Gasteiger partial charge in [0, 0.05) is 0 Å². The largest absolute Gasteiger partial charge is 0.393 e. The van der Waals surface area contributed by atoms with E-state index in [9.17, 15) is 5.11 Å². The Morgan fingerprint density at radius 1 is 1.18 bits per heavy atom. The molecule has 0 amide bonds. The Kier molecular flexibility index (Phi) is 2.45. The summed E-state index contributed by atoms with van der Waals surface area (Å²) in [5, 5.41) is 10.4. The van der Waals surface area contributed by atoms with Crippen LogP contribution in [0.15, 0.2) is 0 Å². The van der Waals surface area contributed by atoms with Crippen LogP contribution in [0.4, 0.5) is 0 Å². The zero-order valence-corrected chi connectivity index (χ0v) is 11.6. The van der Waals surface area contributed by atoms with Gasteiger partial charge in [-0.15, -0.1) is 0 Å². The lowest BCUT2D eigenvalue weighted by Gasteiger charge is -2.42. The molecule has 2 nitrogen and oxygen atoms in total. The van der Waals surface area contributed by atoms with E-state index in [-0.39, 0.29) is 17.3 Å². The van der Waals surface area contributed by atoms with E-state index in [1.165, 1.54) is 19.3 Å². The lowest BCUT2D eigenvalue weighted by Crippen LogP contribution is -2.46. The molecule has 1 N–H and O–H groups in total. The van der Waals surface area contributed by atoms with Crippen LogP contribution in [0, 0.1) is 23.7 Å². The Hall–Kier alpha value is -0.0800. The van der Waals surface area contributed by atoms with Crippen molar-refractivity contribution in [3.8, 4) is 0 Å². The maximum absolute atomic E-state index is 10.4. The van der Waals surface area contributed by atoms with Crippen LogP contribution in [0.1, 0.15) is 53.4 Å². The average molecular weight is 238 g/mol. The number of rotatable bonds is 0. The lowest BCUT2D eigenvalue weighted by atomic mass is 9.76. The minimum absolute atomic E-state index is 0.0437. The molecule has 3 aliphatic rings. The quantitative estimate of drug-likeness (QED) is 0.703. The minimum Gasteiger partial charge on any atom is -0.393 e. The molecular weight excluding hydrogens is 212 g/mol. The molecule has 0 aromatic carbocycles. The Morgan fingerprint density at radius 2 is 1.88 bits per heavy atom. The monoisotopic (exact) mass is 238 g/mol. The van der Waals surface area contributed by atoms with Gasteiger partial charge in [0.25, 0.3) is 0 Å². The van der Waals surface area contributed by atoms with Crippen LogP contribution in [0.25, 0.3) is 0 Å². The van der Waals surface area contributed by atoms with Gasteiger partial charge in [-0.25, -0.2) is 0 Å². The molecule has 6 atom stereocenters. The van der Waals surface area contributed by atoms with Crippen molar-refractivity contribution in [1.82, 2.24) is 0 Å². The number of hydrogen-bond acceptors (Lipinski definition) is 2. The minimum atomic E-state index is -0.125. The summed E-state index contributed by atoms with van der Waals surface area (Å²) in [7, 11) is 0. The van der Waals surface area contributed by atoms with Gasteiger partial charge >= 0.3 is 0 Å². The summed E-state index contributed by atoms with van der Waals surface area (Å²) >= 11 is 0. The summed E-state index contributed by atoms with van der Waals surface area (Å²) in [6.45, 7) is 9.02. The first-order valence-corrected chi connectivity index (χ1v) is 7.25. The summed E-state index contributed by atoms with van der Waals surface area (Å²) in [5.74, 6) is 2.16. The van der Waals surface area contributed by atoms with Crippen molar-refractivity contribution in [3.63, 3.8) is 0 Å². The van der Waals surface area contributed by atoms with Gasteiger partial charge in [0.05, 0.1) is 17.3 Å². The fraction of sp³-hybridized carbons (Fsp3) is 1.00. The lowest BCUT2D eigenvalue weighted by molar-refractivity contribution is -0.158. The van der Waals surface area contributed by atoms with Crippen molar-refractivity contribution in [2.75, 3.05) is 0 Å². The molecule has 0 radical (unpaired) electrons. The Balaban J connectivity index is 2.03. The SMILES string of the molecule is C[C@H]1[C@H](O)C[C@@H]2C[C@@]3(OC2(C)C)[C@@H]1CC[C@@H]3C. The first-order valence-electron chi connectivity index (χ1n) is 7.25. The van der Waals surface area contributed by atoms with Crippen LogP contribution in [0.2, 0.25) is 0 Å². The van der Waals surface area contributed by atoms with Crippen molar-refractivity contribution >= 4 is 0 Å². The van der Waals surface area contributed by atoms with E-state index in [1.807, 2.05) is 0 Å². The van der Waals surface area contributed by atoms with Crippen molar-refractivity contribution in [1.29, 1.82) is 0 Å². The molecule has 2 heteroatoms. The normalized spacial score (nSPS) is 56.6. The highest BCUT2D eigenvalue weighted by molar-refractivity contribution is 5.11. The first kappa shape index (κ1) is 12.0. The van der Waals surface area contributed by atoms with Gasteiger partial charge in [0.1, 0.15) is 0 Å². The predicted octanol–water partition coefficient (Wildman–Crippen LogP) is 2.99. The maximum Gasteiger partial charge on any atom is 0.0750 e. The number of ether oxygens (including phenoxy) is 1. The number of aliphatic hydroxyl groups excluding tert-OH is 1. The van der Waals surface area contributed by atoms with Crippen LogP contribution in [0.5, 0.6) is 0 Å². The first-order chi connectivity index (χ1) is 7.87. The molecule has 2 saturated carbocycles. The Bertz CT molecular complexity index is 325. The standard InChI is InChI=1S/C15H26O2/c1-9-5-6-12-10(2)13(16)7-11-8-15(9,12)17-14(11,3)4/h9-13,16H,5-8H2,1-4H3/t9-,10+,11+,12+,13+,15-/m0/s1. The second kappa shape index (κ2) is 3.48. The number of hydrogen-bond donors (Lipinski definition) is 1. The topological polar surface area (TPSA) is 29.5 Å². The van der Waals surface area contributed by atoms with E-state index in [1.54, 1.807) is 0 Å². The summed E-state index contributed by atoms with van der Waals surface area (Å²) < 4.78 is 6.58. The molecule has 3 rings (SSSR count). The number of aliphatic hydroxyl groups is 1. The van der Waals surface area contributed by atoms with E-state index < -0.39 is 0 Å². The predicted molar refractivity (Wildman–Crippen MR) is 67.7 cm³/mol. The highest BCUT2D eigenvalue weighted by Gasteiger charge is 2.63. The molecule has 1 heterocycles. The van der Waals surface area contributed by atoms with Crippen molar-refractivity contribution < 1.29 is 9.84 Å². The molecule has 1 saturated heterocycles. The molecule has 98 valence electrons. The third kappa shape index (κ3) is 1.46. The zero-order valence-electron chi connectivity index (χ0n) is 11.6. The zero-order chi connectivity index (χ0) is 12.4. The third-order valence-corrected chi connectivity index (χ3v) is 6.14. The van der Waals surface area contributed by atoms with Crippen LogP contribution in [-0.2, 0) is 4.74 Å². The van der Waals surface area contributed by atoms with E-state index in [0.29, 0.717) is 23.7 Å². The molecule has 1 spiro atoms. The van der Waals surface area contributed by atoms with Gasteiger partial charge < -0.3 is 9.84 Å². The highest BCUT2D eigenvalue weighted by Crippen LogP contribution is 2.61. The smallest absolute Gasteiger partial charge is 0.0750 e. The maximum atomic E-state index is 10.4. The van der Waals surface area contributed by atoms with E-state index in [0.717, 1.165) is 6.42 Å². The summed E-state index contributed by atoms with van der Waals surface area (Å²) in [5.41, 5.74) is 0.0308. The average Bonchev–Trinajstić information content (AvgIpc) is 2.63. The van der Waals surface area contributed by atoms with Crippen molar-refractivity contribution in [2.45, 2.75) is 70.7 Å². The second-order valence-corrected chi connectivity index (χ2v) is 7.31. The molecule has 0 unspecified atom stereocenters. The summed E-state index contributed by atoms with van der Waals surface area (Å²) in [6, 6.07) is 0. The molecular formula is C15H26O2. The molecule has 0 aromatic heterocycles. The molecule has 17 heavy (non-hydrogen) atoms. The molecule has 0 aromatic rings. The summed E-state index contributed by atoms with van der Waals surface area (Å²) in [4.78, 5) is 0. The highest BCUT2D eigenvalue weighted by atomic mass is 16.5. The van der Waals surface area contributed by atoms with Crippen LogP contribution >= 0.6 is 0 Å². The second-order valence-electron chi connectivity index (χ2n) is 7.31. The van der Waals surface area contributed by atoms with Crippen LogP contribution in [0.3, 0.4) is 0 Å². The van der Waals surface area contributed by atoms with E-state index in [2.05, 4.69) is 27.7 Å². The van der Waals surface area contributed by atoms with Gasteiger partial charge in [-0.2, -0.15) is 0 Å². The van der Waals surface area contributed by atoms with Gasteiger partial charge in [0.15, 0.2) is 0 Å². The molecule has 2 aliphatic carbocycles. The number of fused-ring (bicyclic) bond motifs is 1. The molecule has 1 aliphatic heterocycles. The van der Waals surface area contributed by atoms with E-state index >= 15 is 0 Å². The van der Waals surface area contributed by atoms with Crippen LogP contribution < -0.4 is 0 Å². The fourth-order valence-electron chi connectivity index (χ4n) is 4.91. The molecule has 3 fully saturated rings. The van der Waals surface area contributed by atoms with Gasteiger partial charge in [-0.3, -0.25) is 0 Å². The van der Waals surface area contributed by atoms with Gasteiger partial charge in [0.2, 0.25) is 0 Å². The molecule has 2 bridgehead atoms. The van der Waals surface area contributed by atoms with Crippen LogP contribution in [-0.4, -0.2) is 22.4 Å². The van der Waals surface area contributed by atoms with E-state index in [4.69, 9.17) is 4.74 Å². The van der Waals surface area contributed by atoms with Gasteiger partial charge in [-0.05, 0) is 63.2 Å². The Morgan fingerprint density at radius 3 is 2.59 bits per heavy atom. The van der Waals surface area contributed by atoms with Crippen molar-refractivity contribution in [2.24, 2.45) is 23.7 Å². The third-order valence-electron chi connectivity index (χ3n) is 6.14. The fourth-order valence-corrected chi connectivity index (χ4v) is 4.91. The Labute approximate surface area is 105 Å². The summed E-state index contributed by atoms with van der Waals surface area (Å²) in [6.07, 6.45) is 4.49. The van der Waals surface area contributed by atoms with Crippen molar-refractivity contribution in [3.05, 3.63) is 0 Å². The van der Waals surface area contributed by atoms with Gasteiger partial charge in [-0.1, -0.05) is 13.8 Å².